The lowest BCUT2D eigenvalue weighted by Crippen LogP contribution is -2.38. The van der Waals surface area contributed by atoms with Crippen LogP contribution >= 0.6 is 11.6 Å². The van der Waals surface area contributed by atoms with Crippen LogP contribution in [0.4, 0.5) is 0 Å². The minimum absolute atomic E-state index is 0.0716. The van der Waals surface area contributed by atoms with Crippen LogP contribution < -0.4 is 4.72 Å². The van der Waals surface area contributed by atoms with E-state index in [1.54, 1.807) is 17.9 Å². The average molecular weight is 317 g/mol. The number of carbonyl (C=O) groups is 1. The highest BCUT2D eigenvalue weighted by molar-refractivity contribution is 7.89. The highest BCUT2D eigenvalue weighted by Crippen LogP contribution is 2.19. The number of nitrogens with zero attached hydrogens (tertiary/aromatic N) is 1. The SMILES string of the molecule is Cc1ccc(S(=O)(=O)NCC(=O)N2CCCC2)cc1Cl. The van der Waals surface area contributed by atoms with Gasteiger partial charge < -0.3 is 4.90 Å². The van der Waals surface area contributed by atoms with Crippen molar-refractivity contribution in [3.8, 4) is 0 Å². The number of sulfonamides is 1. The van der Waals surface area contributed by atoms with E-state index in [1.165, 1.54) is 12.1 Å². The second kappa shape index (κ2) is 6.11. The summed E-state index contributed by atoms with van der Waals surface area (Å²) in [4.78, 5) is 13.6. The monoisotopic (exact) mass is 316 g/mol. The van der Waals surface area contributed by atoms with Crippen LogP contribution in [0.5, 0.6) is 0 Å². The number of nitrogens with one attached hydrogen (secondary N) is 1. The molecule has 110 valence electrons. The van der Waals surface area contributed by atoms with Crippen LogP contribution in [-0.4, -0.2) is 38.9 Å². The van der Waals surface area contributed by atoms with Gasteiger partial charge in [0.15, 0.2) is 0 Å². The van der Waals surface area contributed by atoms with Gasteiger partial charge in [-0.15, -0.1) is 0 Å². The molecule has 0 aliphatic carbocycles. The van der Waals surface area contributed by atoms with E-state index in [2.05, 4.69) is 4.72 Å². The summed E-state index contributed by atoms with van der Waals surface area (Å²) in [5.41, 5.74) is 0.804. The first-order valence-corrected chi connectivity index (χ1v) is 8.30. The largest absolute Gasteiger partial charge is 0.342 e. The fraction of sp³-hybridized carbons (Fsp3) is 0.462. The third-order valence-electron chi connectivity index (χ3n) is 3.33. The fourth-order valence-corrected chi connectivity index (χ4v) is 3.30. The summed E-state index contributed by atoms with van der Waals surface area (Å²) < 4.78 is 26.5. The summed E-state index contributed by atoms with van der Waals surface area (Å²) in [6.45, 7) is 2.99. The van der Waals surface area contributed by atoms with Crippen LogP contribution in [0.3, 0.4) is 0 Å². The first-order chi connectivity index (χ1) is 9.40. The van der Waals surface area contributed by atoms with E-state index >= 15 is 0 Å². The second-order valence-corrected chi connectivity index (χ2v) is 7.00. The Labute approximate surface area is 124 Å². The van der Waals surface area contributed by atoms with E-state index in [4.69, 9.17) is 11.6 Å². The predicted molar refractivity (Wildman–Crippen MR) is 77.2 cm³/mol. The second-order valence-electron chi connectivity index (χ2n) is 4.82. The number of aryl methyl sites for hydroxylation is 1. The van der Waals surface area contributed by atoms with Crippen molar-refractivity contribution in [1.82, 2.24) is 9.62 Å². The Morgan fingerprint density at radius 2 is 2.00 bits per heavy atom. The van der Waals surface area contributed by atoms with E-state index in [0.29, 0.717) is 18.1 Å². The Hall–Kier alpha value is -1.11. The van der Waals surface area contributed by atoms with Gasteiger partial charge in [0.2, 0.25) is 15.9 Å². The van der Waals surface area contributed by atoms with Gasteiger partial charge in [-0.25, -0.2) is 13.1 Å². The van der Waals surface area contributed by atoms with Crippen LogP contribution in [0.1, 0.15) is 18.4 Å². The molecule has 1 aliphatic rings. The van der Waals surface area contributed by atoms with Crippen LogP contribution in [0.15, 0.2) is 23.1 Å². The molecule has 1 aromatic rings. The van der Waals surface area contributed by atoms with Gasteiger partial charge in [0.25, 0.3) is 0 Å². The molecule has 0 spiro atoms. The molecule has 5 nitrogen and oxygen atoms in total. The molecule has 0 bridgehead atoms. The minimum atomic E-state index is -3.71. The number of benzene rings is 1. The number of hydrogen-bond donors (Lipinski definition) is 1. The third-order valence-corrected chi connectivity index (χ3v) is 5.13. The number of carbonyl (C=O) groups excluding carboxylic acids is 1. The predicted octanol–water partition coefficient (Wildman–Crippen LogP) is 1.55. The summed E-state index contributed by atoms with van der Waals surface area (Å²) in [6, 6.07) is 4.50. The van der Waals surface area contributed by atoms with E-state index in [1.807, 2.05) is 0 Å². The molecule has 1 aromatic carbocycles. The van der Waals surface area contributed by atoms with Gasteiger partial charge in [-0.3, -0.25) is 4.79 Å². The van der Waals surface area contributed by atoms with E-state index in [9.17, 15) is 13.2 Å². The number of likely N-dealkylation sites (tertiary alicyclic amines) is 1. The van der Waals surface area contributed by atoms with Gasteiger partial charge in [0, 0.05) is 18.1 Å². The van der Waals surface area contributed by atoms with Crippen molar-refractivity contribution in [2.24, 2.45) is 0 Å². The molecular weight excluding hydrogens is 300 g/mol. The molecule has 1 saturated heterocycles. The lowest BCUT2D eigenvalue weighted by atomic mass is 10.2. The van der Waals surface area contributed by atoms with Crippen LogP contribution in [-0.2, 0) is 14.8 Å². The molecule has 7 heteroatoms. The van der Waals surface area contributed by atoms with Gasteiger partial charge in [0.05, 0.1) is 11.4 Å². The minimum Gasteiger partial charge on any atom is -0.342 e. The summed E-state index contributed by atoms with van der Waals surface area (Å²) in [7, 11) is -3.71. The van der Waals surface area contributed by atoms with Gasteiger partial charge in [-0.1, -0.05) is 17.7 Å². The van der Waals surface area contributed by atoms with Gasteiger partial charge in [-0.05, 0) is 37.5 Å². The highest BCUT2D eigenvalue weighted by atomic mass is 35.5. The molecule has 0 unspecified atom stereocenters. The summed E-state index contributed by atoms with van der Waals surface area (Å²) in [5, 5.41) is 0.388. The van der Waals surface area contributed by atoms with Crippen molar-refractivity contribution in [3.63, 3.8) is 0 Å². The topological polar surface area (TPSA) is 66.5 Å². The lowest BCUT2D eigenvalue weighted by Gasteiger charge is -2.15. The fourth-order valence-electron chi connectivity index (χ4n) is 2.06. The van der Waals surface area contributed by atoms with Gasteiger partial charge in [0.1, 0.15) is 0 Å². The summed E-state index contributed by atoms with van der Waals surface area (Å²) in [5.74, 6) is -0.190. The Morgan fingerprint density at radius 3 is 2.60 bits per heavy atom. The molecule has 1 aliphatic heterocycles. The Balaban J connectivity index is 2.03. The number of rotatable bonds is 4. The summed E-state index contributed by atoms with van der Waals surface area (Å²) in [6.07, 6.45) is 1.96. The standard InChI is InChI=1S/C13H17ClN2O3S/c1-10-4-5-11(8-12(10)14)20(18,19)15-9-13(17)16-6-2-3-7-16/h4-5,8,15H,2-3,6-7,9H2,1H3. The molecule has 1 fully saturated rings. The number of amides is 1. The quantitative estimate of drug-likeness (QED) is 0.916. The highest BCUT2D eigenvalue weighted by Gasteiger charge is 2.21. The molecule has 1 N–H and O–H groups in total. The van der Waals surface area contributed by atoms with Crippen LogP contribution in [0.2, 0.25) is 5.02 Å². The Morgan fingerprint density at radius 1 is 1.35 bits per heavy atom. The molecule has 1 heterocycles. The zero-order chi connectivity index (χ0) is 14.8. The molecule has 20 heavy (non-hydrogen) atoms. The van der Waals surface area contributed by atoms with Crippen molar-refractivity contribution in [1.29, 1.82) is 0 Å². The number of hydrogen-bond acceptors (Lipinski definition) is 3. The van der Waals surface area contributed by atoms with Gasteiger partial charge in [-0.2, -0.15) is 0 Å². The maximum absolute atomic E-state index is 12.1. The van der Waals surface area contributed by atoms with Crippen molar-refractivity contribution in [2.45, 2.75) is 24.7 Å². The molecular formula is C13H17ClN2O3S. The zero-order valence-electron chi connectivity index (χ0n) is 11.2. The van der Waals surface area contributed by atoms with E-state index in [0.717, 1.165) is 18.4 Å². The number of halogens is 1. The third kappa shape index (κ3) is 3.50. The van der Waals surface area contributed by atoms with Crippen LogP contribution in [0.25, 0.3) is 0 Å². The first kappa shape index (κ1) is 15.3. The Bertz CT molecular complexity index is 610. The molecule has 0 radical (unpaired) electrons. The van der Waals surface area contributed by atoms with Crippen LogP contribution in [0, 0.1) is 6.92 Å². The smallest absolute Gasteiger partial charge is 0.241 e. The Kier molecular flexibility index (Phi) is 4.67. The first-order valence-electron chi connectivity index (χ1n) is 6.44. The molecule has 1 amide bonds. The maximum Gasteiger partial charge on any atom is 0.241 e. The molecule has 0 atom stereocenters. The molecule has 0 saturated carbocycles. The van der Waals surface area contributed by atoms with E-state index < -0.39 is 10.0 Å². The normalized spacial score (nSPS) is 15.6. The maximum atomic E-state index is 12.1. The van der Waals surface area contributed by atoms with Crippen molar-refractivity contribution >= 4 is 27.5 Å². The molecule has 0 aromatic heterocycles. The van der Waals surface area contributed by atoms with Crippen molar-refractivity contribution in [3.05, 3.63) is 28.8 Å². The lowest BCUT2D eigenvalue weighted by molar-refractivity contribution is -0.128. The van der Waals surface area contributed by atoms with Crippen molar-refractivity contribution < 1.29 is 13.2 Å². The van der Waals surface area contributed by atoms with Crippen molar-refractivity contribution in [2.75, 3.05) is 19.6 Å². The van der Waals surface area contributed by atoms with E-state index in [-0.39, 0.29) is 17.3 Å². The zero-order valence-corrected chi connectivity index (χ0v) is 12.8. The molecule has 2 rings (SSSR count). The summed E-state index contributed by atoms with van der Waals surface area (Å²) >= 11 is 5.92. The average Bonchev–Trinajstić information content (AvgIpc) is 2.93. The van der Waals surface area contributed by atoms with Gasteiger partial charge >= 0.3 is 0 Å².